The highest BCUT2D eigenvalue weighted by Crippen LogP contribution is 2.30. The maximum atomic E-state index is 9.38. The summed E-state index contributed by atoms with van der Waals surface area (Å²) in [6.07, 6.45) is 3.76. The van der Waals surface area contributed by atoms with Gasteiger partial charge in [-0.05, 0) is 25.3 Å². The van der Waals surface area contributed by atoms with Crippen LogP contribution in [0.4, 0.5) is 5.69 Å². The van der Waals surface area contributed by atoms with Gasteiger partial charge in [-0.3, -0.25) is 0 Å². The predicted molar refractivity (Wildman–Crippen MR) is 74.2 cm³/mol. The second-order valence-electron chi connectivity index (χ2n) is 4.77. The van der Waals surface area contributed by atoms with Crippen molar-refractivity contribution in [1.82, 2.24) is 0 Å². The van der Waals surface area contributed by atoms with Gasteiger partial charge in [-0.25, -0.2) is 0 Å². The minimum atomic E-state index is 0.00571. The molecule has 0 amide bonds. The van der Waals surface area contributed by atoms with E-state index in [0.29, 0.717) is 5.02 Å². The molecule has 1 atom stereocenters. The molecule has 1 unspecified atom stereocenters. The molecule has 0 aromatic heterocycles. The number of aliphatic hydroxyl groups is 1. The van der Waals surface area contributed by atoms with E-state index in [9.17, 15) is 5.11 Å². The molecule has 1 N–H and O–H groups in total. The van der Waals surface area contributed by atoms with Crippen LogP contribution < -0.4 is 4.90 Å². The molecule has 0 spiro atoms. The van der Waals surface area contributed by atoms with E-state index in [0.717, 1.165) is 37.2 Å². The van der Waals surface area contributed by atoms with Gasteiger partial charge in [-0.2, -0.15) is 0 Å². The van der Waals surface area contributed by atoms with Crippen LogP contribution in [-0.4, -0.2) is 31.4 Å². The van der Waals surface area contributed by atoms with Crippen LogP contribution in [0.1, 0.15) is 24.8 Å². The highest BCUT2D eigenvalue weighted by Gasteiger charge is 2.18. The summed E-state index contributed by atoms with van der Waals surface area (Å²) in [5, 5.41) is 10.1. The molecule has 1 aliphatic rings. The topological polar surface area (TPSA) is 32.7 Å². The van der Waals surface area contributed by atoms with Gasteiger partial charge in [0.2, 0.25) is 0 Å². The molecular weight excluding hydrogens is 250 g/mol. The Morgan fingerprint density at radius 1 is 1.44 bits per heavy atom. The van der Waals surface area contributed by atoms with Crippen LogP contribution in [0.3, 0.4) is 0 Å². The standard InChI is InChI=1S/C14H20ClNO2/c1-16(9-12-6-2-3-8-18-12)14-11(10-17)5-4-7-13(14)15/h4-5,7,12,17H,2-3,6,8-10H2,1H3. The molecule has 18 heavy (non-hydrogen) atoms. The summed E-state index contributed by atoms with van der Waals surface area (Å²) in [7, 11) is 2.00. The fourth-order valence-corrected chi connectivity index (χ4v) is 2.80. The smallest absolute Gasteiger partial charge is 0.0749 e. The van der Waals surface area contributed by atoms with E-state index < -0.39 is 0 Å². The lowest BCUT2D eigenvalue weighted by atomic mass is 10.1. The Kier molecular flexibility index (Phi) is 4.87. The van der Waals surface area contributed by atoms with Crippen LogP contribution in [0.25, 0.3) is 0 Å². The number of likely N-dealkylation sites (N-methyl/N-ethyl adjacent to an activating group) is 1. The number of halogens is 1. The van der Waals surface area contributed by atoms with Crippen LogP contribution in [-0.2, 0) is 11.3 Å². The van der Waals surface area contributed by atoms with Crippen LogP contribution in [0.5, 0.6) is 0 Å². The molecule has 0 bridgehead atoms. The van der Waals surface area contributed by atoms with Crippen LogP contribution >= 0.6 is 11.6 Å². The Morgan fingerprint density at radius 2 is 2.28 bits per heavy atom. The Bertz CT molecular complexity index is 391. The van der Waals surface area contributed by atoms with Gasteiger partial charge >= 0.3 is 0 Å². The Morgan fingerprint density at radius 3 is 2.94 bits per heavy atom. The summed E-state index contributed by atoms with van der Waals surface area (Å²) >= 11 is 6.23. The van der Waals surface area contributed by atoms with E-state index in [2.05, 4.69) is 4.90 Å². The van der Waals surface area contributed by atoms with E-state index in [1.165, 1.54) is 6.42 Å². The van der Waals surface area contributed by atoms with Crippen LogP contribution in [0, 0.1) is 0 Å². The third-order valence-corrected chi connectivity index (χ3v) is 3.68. The van der Waals surface area contributed by atoms with Gasteiger partial charge < -0.3 is 14.7 Å². The van der Waals surface area contributed by atoms with E-state index in [4.69, 9.17) is 16.3 Å². The monoisotopic (exact) mass is 269 g/mol. The molecule has 1 aliphatic heterocycles. The first-order chi connectivity index (χ1) is 8.72. The number of para-hydroxylation sites is 1. The first-order valence-corrected chi connectivity index (χ1v) is 6.81. The zero-order valence-corrected chi connectivity index (χ0v) is 11.5. The molecule has 0 radical (unpaired) electrons. The number of rotatable bonds is 4. The summed E-state index contributed by atoms with van der Waals surface area (Å²) < 4.78 is 5.74. The number of anilines is 1. The molecule has 3 nitrogen and oxygen atoms in total. The van der Waals surface area contributed by atoms with Crippen LogP contribution in [0.2, 0.25) is 5.02 Å². The quantitative estimate of drug-likeness (QED) is 0.912. The van der Waals surface area contributed by atoms with Gasteiger partial charge in [-0.1, -0.05) is 23.7 Å². The number of ether oxygens (including phenoxy) is 1. The number of hydrogen-bond acceptors (Lipinski definition) is 3. The lowest BCUT2D eigenvalue weighted by Crippen LogP contribution is -2.34. The first-order valence-electron chi connectivity index (χ1n) is 6.43. The second kappa shape index (κ2) is 6.41. The van der Waals surface area contributed by atoms with E-state index in [1.807, 2.05) is 25.2 Å². The summed E-state index contributed by atoms with van der Waals surface area (Å²) in [6.45, 7) is 1.68. The summed E-state index contributed by atoms with van der Waals surface area (Å²) in [5.41, 5.74) is 1.77. The van der Waals surface area contributed by atoms with Crippen molar-refractivity contribution in [2.75, 3.05) is 25.1 Å². The van der Waals surface area contributed by atoms with Crippen molar-refractivity contribution in [3.05, 3.63) is 28.8 Å². The van der Waals surface area contributed by atoms with Gasteiger partial charge in [0, 0.05) is 25.8 Å². The minimum absolute atomic E-state index is 0.00571. The number of nitrogens with zero attached hydrogens (tertiary/aromatic N) is 1. The Labute approximate surface area is 113 Å². The van der Waals surface area contributed by atoms with Crippen molar-refractivity contribution in [2.24, 2.45) is 0 Å². The van der Waals surface area contributed by atoms with Gasteiger partial charge in [0.25, 0.3) is 0 Å². The SMILES string of the molecule is CN(CC1CCCCO1)c1c(Cl)cccc1CO. The molecule has 100 valence electrons. The van der Waals surface area contributed by atoms with Gasteiger partial charge in [0.15, 0.2) is 0 Å². The molecule has 4 heteroatoms. The summed E-state index contributed by atoms with van der Waals surface area (Å²) in [4.78, 5) is 2.09. The Hall–Kier alpha value is -0.770. The third kappa shape index (κ3) is 3.16. The Balaban J connectivity index is 2.09. The third-order valence-electron chi connectivity index (χ3n) is 3.37. The molecule has 1 fully saturated rings. The normalized spacial score (nSPS) is 19.8. The van der Waals surface area contributed by atoms with E-state index in [-0.39, 0.29) is 12.7 Å². The van der Waals surface area contributed by atoms with E-state index in [1.54, 1.807) is 0 Å². The molecule has 1 heterocycles. The maximum Gasteiger partial charge on any atom is 0.0749 e. The van der Waals surface area contributed by atoms with Crippen molar-refractivity contribution in [1.29, 1.82) is 0 Å². The molecular formula is C14H20ClNO2. The number of aliphatic hydroxyl groups excluding tert-OH is 1. The molecule has 1 saturated heterocycles. The molecule has 0 saturated carbocycles. The highest BCUT2D eigenvalue weighted by molar-refractivity contribution is 6.33. The molecule has 1 aromatic carbocycles. The minimum Gasteiger partial charge on any atom is -0.392 e. The van der Waals surface area contributed by atoms with Crippen molar-refractivity contribution in [3.63, 3.8) is 0 Å². The van der Waals surface area contributed by atoms with Crippen molar-refractivity contribution < 1.29 is 9.84 Å². The van der Waals surface area contributed by atoms with E-state index >= 15 is 0 Å². The maximum absolute atomic E-state index is 9.38. The lowest BCUT2D eigenvalue weighted by molar-refractivity contribution is 0.0216. The second-order valence-corrected chi connectivity index (χ2v) is 5.18. The molecule has 0 aliphatic carbocycles. The van der Waals surface area contributed by atoms with Gasteiger partial charge in [0.05, 0.1) is 23.4 Å². The van der Waals surface area contributed by atoms with Crippen molar-refractivity contribution in [2.45, 2.75) is 32.0 Å². The summed E-state index contributed by atoms with van der Waals surface area (Å²) in [6, 6.07) is 5.62. The largest absolute Gasteiger partial charge is 0.392 e. The van der Waals surface area contributed by atoms with Gasteiger partial charge in [-0.15, -0.1) is 0 Å². The first kappa shape index (κ1) is 13.7. The van der Waals surface area contributed by atoms with Crippen molar-refractivity contribution in [3.8, 4) is 0 Å². The average molecular weight is 270 g/mol. The summed E-state index contributed by atoms with van der Waals surface area (Å²) in [5.74, 6) is 0. The fraction of sp³-hybridized carbons (Fsp3) is 0.571. The fourth-order valence-electron chi connectivity index (χ4n) is 2.46. The van der Waals surface area contributed by atoms with Crippen LogP contribution in [0.15, 0.2) is 18.2 Å². The number of benzene rings is 1. The molecule has 1 aromatic rings. The zero-order chi connectivity index (χ0) is 13.0. The highest BCUT2D eigenvalue weighted by atomic mass is 35.5. The predicted octanol–water partition coefficient (Wildman–Crippen LogP) is 2.84. The number of hydrogen-bond donors (Lipinski definition) is 1. The molecule has 2 rings (SSSR count). The van der Waals surface area contributed by atoms with Crippen molar-refractivity contribution >= 4 is 17.3 Å². The lowest BCUT2D eigenvalue weighted by Gasteiger charge is -2.30. The zero-order valence-electron chi connectivity index (χ0n) is 10.7. The van der Waals surface area contributed by atoms with Gasteiger partial charge in [0.1, 0.15) is 0 Å². The average Bonchev–Trinajstić information content (AvgIpc) is 2.39.